The summed E-state index contributed by atoms with van der Waals surface area (Å²) < 4.78 is 13.3. The number of hydrogen-bond acceptors (Lipinski definition) is 1. The molecule has 0 aromatic heterocycles. The minimum absolute atomic E-state index is 0.183. The standard InChI is InChI=1S/C8H13FO2/c1-6-3-2-4-8(9,5-6)7(10)11/h6H,2-5H2,1H3,(H,10,11). The topological polar surface area (TPSA) is 37.3 Å². The van der Waals surface area contributed by atoms with E-state index in [1.807, 2.05) is 6.92 Å². The third-order valence-corrected chi connectivity index (χ3v) is 2.33. The van der Waals surface area contributed by atoms with Crippen molar-refractivity contribution in [3.63, 3.8) is 0 Å². The first-order chi connectivity index (χ1) is 5.04. The minimum atomic E-state index is -1.93. The minimum Gasteiger partial charge on any atom is -0.479 e. The van der Waals surface area contributed by atoms with Crippen molar-refractivity contribution in [3.8, 4) is 0 Å². The number of rotatable bonds is 1. The fourth-order valence-corrected chi connectivity index (χ4v) is 1.68. The molecule has 0 heterocycles. The van der Waals surface area contributed by atoms with Crippen LogP contribution >= 0.6 is 0 Å². The van der Waals surface area contributed by atoms with Gasteiger partial charge in [0, 0.05) is 0 Å². The van der Waals surface area contributed by atoms with Gasteiger partial charge in [-0.25, -0.2) is 9.18 Å². The van der Waals surface area contributed by atoms with E-state index in [4.69, 9.17) is 5.11 Å². The van der Waals surface area contributed by atoms with Gasteiger partial charge >= 0.3 is 5.97 Å². The van der Waals surface area contributed by atoms with Gasteiger partial charge in [0.25, 0.3) is 0 Å². The lowest BCUT2D eigenvalue weighted by Gasteiger charge is -2.29. The molecule has 0 amide bonds. The Bertz CT molecular complexity index is 169. The molecular formula is C8H13FO2. The van der Waals surface area contributed by atoms with Crippen LogP contribution in [0.3, 0.4) is 0 Å². The molecule has 1 rings (SSSR count). The number of halogens is 1. The number of carboxylic acids is 1. The third kappa shape index (κ3) is 1.70. The molecule has 11 heavy (non-hydrogen) atoms. The molecule has 1 saturated carbocycles. The lowest BCUT2D eigenvalue weighted by atomic mass is 9.80. The Morgan fingerprint density at radius 3 is 2.73 bits per heavy atom. The number of hydrogen-bond donors (Lipinski definition) is 1. The Balaban J connectivity index is 2.63. The van der Waals surface area contributed by atoms with Crippen LogP contribution in [0.5, 0.6) is 0 Å². The summed E-state index contributed by atoms with van der Waals surface area (Å²) in [6.07, 6.45) is 2.03. The zero-order valence-electron chi connectivity index (χ0n) is 6.64. The highest BCUT2D eigenvalue weighted by atomic mass is 19.1. The van der Waals surface area contributed by atoms with Gasteiger partial charge in [-0.1, -0.05) is 13.3 Å². The molecule has 1 aliphatic rings. The van der Waals surface area contributed by atoms with Crippen LogP contribution in [0.4, 0.5) is 4.39 Å². The zero-order valence-corrected chi connectivity index (χ0v) is 6.64. The van der Waals surface area contributed by atoms with Crippen LogP contribution in [0.2, 0.25) is 0 Å². The van der Waals surface area contributed by atoms with Crippen molar-refractivity contribution >= 4 is 5.97 Å². The predicted molar refractivity (Wildman–Crippen MR) is 39.1 cm³/mol. The summed E-state index contributed by atoms with van der Waals surface area (Å²) in [7, 11) is 0. The van der Waals surface area contributed by atoms with Gasteiger partial charge in [0.05, 0.1) is 0 Å². The third-order valence-electron chi connectivity index (χ3n) is 2.33. The fraction of sp³-hybridized carbons (Fsp3) is 0.875. The fourth-order valence-electron chi connectivity index (χ4n) is 1.68. The van der Waals surface area contributed by atoms with Crippen LogP contribution in [0.15, 0.2) is 0 Å². The molecule has 0 spiro atoms. The molecular weight excluding hydrogens is 147 g/mol. The number of carboxylic acid groups (broad SMARTS) is 1. The Morgan fingerprint density at radius 1 is 1.73 bits per heavy atom. The lowest BCUT2D eigenvalue weighted by molar-refractivity contribution is -0.154. The molecule has 1 N–H and O–H groups in total. The van der Waals surface area contributed by atoms with Crippen molar-refractivity contribution in [1.82, 2.24) is 0 Å². The molecule has 1 fully saturated rings. The van der Waals surface area contributed by atoms with E-state index in [2.05, 4.69) is 0 Å². The normalized spacial score (nSPS) is 38.5. The van der Waals surface area contributed by atoms with Gasteiger partial charge in [0.15, 0.2) is 0 Å². The first-order valence-electron chi connectivity index (χ1n) is 3.97. The molecule has 0 aromatic rings. The van der Waals surface area contributed by atoms with E-state index in [-0.39, 0.29) is 18.8 Å². The molecule has 0 aliphatic heterocycles. The van der Waals surface area contributed by atoms with Crippen LogP contribution in [-0.2, 0) is 4.79 Å². The van der Waals surface area contributed by atoms with E-state index in [0.717, 1.165) is 6.42 Å². The lowest BCUT2D eigenvalue weighted by Crippen LogP contribution is -2.38. The van der Waals surface area contributed by atoms with E-state index >= 15 is 0 Å². The monoisotopic (exact) mass is 160 g/mol. The average Bonchev–Trinajstić information content (AvgIpc) is 1.86. The molecule has 0 saturated heterocycles. The molecule has 3 heteroatoms. The largest absolute Gasteiger partial charge is 0.479 e. The second-order valence-corrected chi connectivity index (χ2v) is 3.47. The summed E-state index contributed by atoms with van der Waals surface area (Å²) in [5.41, 5.74) is -1.93. The van der Waals surface area contributed by atoms with Crippen LogP contribution in [-0.4, -0.2) is 16.7 Å². The smallest absolute Gasteiger partial charge is 0.341 e. The van der Waals surface area contributed by atoms with Gasteiger partial charge in [-0.15, -0.1) is 0 Å². The molecule has 1 aliphatic carbocycles. The molecule has 0 bridgehead atoms. The second kappa shape index (κ2) is 2.80. The summed E-state index contributed by atoms with van der Waals surface area (Å²) in [6, 6.07) is 0. The molecule has 0 radical (unpaired) electrons. The van der Waals surface area contributed by atoms with Crippen molar-refractivity contribution in [2.75, 3.05) is 0 Å². The Morgan fingerprint density at radius 2 is 2.36 bits per heavy atom. The van der Waals surface area contributed by atoms with Crippen molar-refractivity contribution in [3.05, 3.63) is 0 Å². The summed E-state index contributed by atoms with van der Waals surface area (Å²) in [4.78, 5) is 10.4. The van der Waals surface area contributed by atoms with Gasteiger partial charge in [0.1, 0.15) is 0 Å². The molecule has 2 unspecified atom stereocenters. The summed E-state index contributed by atoms with van der Waals surface area (Å²) in [6.45, 7) is 1.90. The number of alkyl halides is 1. The number of aliphatic carboxylic acids is 1. The van der Waals surface area contributed by atoms with E-state index in [1.165, 1.54) is 0 Å². The molecule has 64 valence electrons. The van der Waals surface area contributed by atoms with E-state index in [9.17, 15) is 9.18 Å². The average molecular weight is 160 g/mol. The van der Waals surface area contributed by atoms with Crippen molar-refractivity contribution in [1.29, 1.82) is 0 Å². The van der Waals surface area contributed by atoms with E-state index < -0.39 is 11.6 Å². The highest BCUT2D eigenvalue weighted by molar-refractivity contribution is 5.77. The predicted octanol–water partition coefficient (Wildman–Crippen LogP) is 1.99. The summed E-state index contributed by atoms with van der Waals surface area (Å²) in [5, 5.41) is 8.54. The van der Waals surface area contributed by atoms with E-state index in [1.54, 1.807) is 0 Å². The van der Waals surface area contributed by atoms with Crippen molar-refractivity contribution < 1.29 is 14.3 Å². The van der Waals surface area contributed by atoms with Gasteiger partial charge in [-0.05, 0) is 25.2 Å². The Kier molecular flexibility index (Phi) is 2.16. The van der Waals surface area contributed by atoms with Gasteiger partial charge in [0.2, 0.25) is 5.67 Å². The van der Waals surface area contributed by atoms with Crippen LogP contribution in [0.25, 0.3) is 0 Å². The second-order valence-electron chi connectivity index (χ2n) is 3.47. The highest BCUT2D eigenvalue weighted by Crippen LogP contribution is 2.35. The quantitative estimate of drug-likeness (QED) is 0.636. The maximum atomic E-state index is 13.3. The van der Waals surface area contributed by atoms with Crippen LogP contribution in [0, 0.1) is 5.92 Å². The maximum Gasteiger partial charge on any atom is 0.341 e. The van der Waals surface area contributed by atoms with Crippen LogP contribution in [0.1, 0.15) is 32.6 Å². The molecule has 2 atom stereocenters. The summed E-state index contributed by atoms with van der Waals surface area (Å²) in [5.74, 6) is -1.08. The highest BCUT2D eigenvalue weighted by Gasteiger charge is 2.41. The number of carbonyl (C=O) groups is 1. The van der Waals surface area contributed by atoms with Gasteiger partial charge in [-0.2, -0.15) is 0 Å². The SMILES string of the molecule is CC1CCCC(F)(C(=O)O)C1. The molecule has 0 aromatic carbocycles. The van der Waals surface area contributed by atoms with Crippen molar-refractivity contribution in [2.24, 2.45) is 5.92 Å². The first kappa shape index (κ1) is 8.50. The first-order valence-corrected chi connectivity index (χ1v) is 3.97. The maximum absolute atomic E-state index is 13.3. The van der Waals surface area contributed by atoms with E-state index in [0.29, 0.717) is 6.42 Å². The molecule has 2 nitrogen and oxygen atoms in total. The van der Waals surface area contributed by atoms with Gasteiger partial charge in [-0.3, -0.25) is 0 Å². The van der Waals surface area contributed by atoms with Crippen molar-refractivity contribution in [2.45, 2.75) is 38.3 Å². The Labute approximate surface area is 65.4 Å². The Hall–Kier alpha value is -0.600. The zero-order chi connectivity index (χ0) is 8.48. The van der Waals surface area contributed by atoms with Crippen LogP contribution < -0.4 is 0 Å². The van der Waals surface area contributed by atoms with Gasteiger partial charge < -0.3 is 5.11 Å². The summed E-state index contributed by atoms with van der Waals surface area (Å²) >= 11 is 0.